The third-order valence-corrected chi connectivity index (χ3v) is 4.96. The molecule has 2 heterocycles. The zero-order valence-electron chi connectivity index (χ0n) is 16.5. The molecule has 0 radical (unpaired) electrons. The molecule has 0 spiro atoms. The number of nitrogen functional groups attached to an aromatic ring is 1. The first-order valence-corrected chi connectivity index (χ1v) is 9.94. The van der Waals surface area contributed by atoms with Crippen molar-refractivity contribution in [2.75, 3.05) is 12.3 Å². The zero-order chi connectivity index (χ0) is 20.2. The number of anilines is 1. The number of unbranched alkanes of at least 4 members (excludes halogenated alkanes) is 2. The number of ether oxygens (including phenoxy) is 1. The highest BCUT2D eigenvalue weighted by Gasteiger charge is 2.25. The number of esters is 1. The van der Waals surface area contributed by atoms with Gasteiger partial charge >= 0.3 is 5.97 Å². The van der Waals surface area contributed by atoms with Gasteiger partial charge in [-0.2, -0.15) is 0 Å². The standard InChI is InChI=1S/C23H24N4O2/c1-2-3-9-14-29-23(28)19-20-22(26-18-13-8-7-12-17(18)25-20)27(21(19)24)15-16-10-5-4-6-11-16/h4-8,10-13H,2-3,9,14-15,24H2,1H3. The monoisotopic (exact) mass is 388 g/mol. The molecule has 2 aromatic heterocycles. The van der Waals surface area contributed by atoms with Gasteiger partial charge in [0.25, 0.3) is 0 Å². The van der Waals surface area contributed by atoms with Gasteiger partial charge in [-0.15, -0.1) is 0 Å². The smallest absolute Gasteiger partial charge is 0.344 e. The third-order valence-electron chi connectivity index (χ3n) is 4.96. The Morgan fingerprint density at radius 1 is 1.00 bits per heavy atom. The van der Waals surface area contributed by atoms with Crippen molar-refractivity contribution in [2.24, 2.45) is 0 Å². The first-order chi connectivity index (χ1) is 14.2. The molecule has 0 bridgehead atoms. The van der Waals surface area contributed by atoms with Crippen molar-refractivity contribution in [1.29, 1.82) is 0 Å². The predicted molar refractivity (Wildman–Crippen MR) is 115 cm³/mol. The van der Waals surface area contributed by atoms with Gasteiger partial charge in [-0.3, -0.25) is 0 Å². The molecule has 29 heavy (non-hydrogen) atoms. The number of benzene rings is 2. The highest BCUT2D eigenvalue weighted by molar-refractivity contribution is 6.08. The van der Waals surface area contributed by atoms with Crippen molar-refractivity contribution in [3.63, 3.8) is 0 Å². The summed E-state index contributed by atoms with van der Waals surface area (Å²) in [6.45, 7) is 2.98. The topological polar surface area (TPSA) is 83.0 Å². The van der Waals surface area contributed by atoms with Crippen LogP contribution < -0.4 is 5.73 Å². The van der Waals surface area contributed by atoms with Crippen LogP contribution in [0.2, 0.25) is 0 Å². The van der Waals surface area contributed by atoms with E-state index in [1.165, 1.54) is 0 Å². The van der Waals surface area contributed by atoms with E-state index >= 15 is 0 Å². The van der Waals surface area contributed by atoms with Gasteiger partial charge in [0.15, 0.2) is 5.65 Å². The molecule has 4 rings (SSSR count). The SMILES string of the molecule is CCCCCOC(=O)c1c(N)n(Cc2ccccc2)c2nc3ccccc3nc12. The van der Waals surface area contributed by atoms with Gasteiger partial charge in [-0.25, -0.2) is 14.8 Å². The summed E-state index contributed by atoms with van der Waals surface area (Å²) in [5.74, 6) is -0.111. The first-order valence-electron chi connectivity index (χ1n) is 9.94. The van der Waals surface area contributed by atoms with Gasteiger partial charge in [-0.05, 0) is 24.1 Å². The lowest BCUT2D eigenvalue weighted by molar-refractivity contribution is 0.0501. The van der Waals surface area contributed by atoms with Crippen LogP contribution in [0.3, 0.4) is 0 Å². The van der Waals surface area contributed by atoms with Crippen LogP contribution in [0.15, 0.2) is 54.6 Å². The second-order valence-corrected chi connectivity index (χ2v) is 7.06. The van der Waals surface area contributed by atoms with E-state index in [4.69, 9.17) is 20.4 Å². The van der Waals surface area contributed by atoms with Crippen LogP contribution in [0.5, 0.6) is 0 Å². The number of para-hydroxylation sites is 2. The van der Waals surface area contributed by atoms with Crippen LogP contribution in [0.25, 0.3) is 22.2 Å². The van der Waals surface area contributed by atoms with E-state index in [0.29, 0.717) is 35.7 Å². The molecule has 2 N–H and O–H groups in total. The van der Waals surface area contributed by atoms with Crippen LogP contribution in [0, 0.1) is 0 Å². The summed E-state index contributed by atoms with van der Waals surface area (Å²) < 4.78 is 7.33. The van der Waals surface area contributed by atoms with Crippen LogP contribution in [0.4, 0.5) is 5.82 Å². The number of nitrogens with zero attached hydrogens (tertiary/aromatic N) is 3. The number of aromatic nitrogens is 3. The fraction of sp³-hybridized carbons (Fsp3) is 0.261. The van der Waals surface area contributed by atoms with E-state index in [1.54, 1.807) is 0 Å². The van der Waals surface area contributed by atoms with Crippen molar-refractivity contribution in [3.05, 3.63) is 65.7 Å². The molecule has 4 aromatic rings. The van der Waals surface area contributed by atoms with Gasteiger partial charge < -0.3 is 15.0 Å². The molecule has 0 atom stereocenters. The number of carbonyl (C=O) groups is 1. The van der Waals surface area contributed by atoms with Gasteiger partial charge in [0.1, 0.15) is 16.9 Å². The molecule has 0 aliphatic rings. The number of hydrogen-bond acceptors (Lipinski definition) is 5. The van der Waals surface area contributed by atoms with E-state index in [2.05, 4.69) is 6.92 Å². The predicted octanol–water partition coefficient (Wildman–Crippen LogP) is 4.56. The average molecular weight is 388 g/mol. The summed E-state index contributed by atoms with van der Waals surface area (Å²) in [6, 6.07) is 17.5. The van der Waals surface area contributed by atoms with Crippen molar-refractivity contribution in [1.82, 2.24) is 14.5 Å². The highest BCUT2D eigenvalue weighted by Crippen LogP contribution is 2.29. The first kappa shape index (κ1) is 18.9. The Morgan fingerprint density at radius 3 is 2.41 bits per heavy atom. The van der Waals surface area contributed by atoms with Crippen LogP contribution in [0.1, 0.15) is 42.1 Å². The molecule has 0 aliphatic carbocycles. The minimum absolute atomic E-state index is 0.297. The molecule has 0 unspecified atom stereocenters. The Bertz CT molecular complexity index is 1150. The Morgan fingerprint density at radius 2 is 1.69 bits per heavy atom. The Kier molecular flexibility index (Phi) is 5.42. The second kappa shape index (κ2) is 8.31. The molecular weight excluding hydrogens is 364 g/mol. The molecule has 0 saturated carbocycles. The molecule has 0 saturated heterocycles. The van der Waals surface area contributed by atoms with E-state index in [0.717, 1.165) is 35.9 Å². The summed E-state index contributed by atoms with van der Waals surface area (Å²) in [6.07, 6.45) is 2.91. The van der Waals surface area contributed by atoms with Crippen molar-refractivity contribution >= 4 is 34.0 Å². The zero-order valence-corrected chi connectivity index (χ0v) is 16.5. The van der Waals surface area contributed by atoms with Crippen molar-refractivity contribution in [2.45, 2.75) is 32.7 Å². The van der Waals surface area contributed by atoms with Crippen LogP contribution >= 0.6 is 0 Å². The summed E-state index contributed by atoms with van der Waals surface area (Å²) >= 11 is 0. The van der Waals surface area contributed by atoms with Crippen LogP contribution in [-0.4, -0.2) is 27.1 Å². The Balaban J connectivity index is 1.82. The summed E-state index contributed by atoms with van der Waals surface area (Å²) in [7, 11) is 0. The maximum Gasteiger partial charge on any atom is 0.344 e. The molecular formula is C23H24N4O2. The lowest BCUT2D eigenvalue weighted by Crippen LogP contribution is -2.11. The Labute approximate surface area is 169 Å². The number of fused-ring (bicyclic) bond motifs is 2. The maximum atomic E-state index is 12.9. The number of nitrogens with two attached hydrogens (primary N) is 1. The molecule has 0 aliphatic heterocycles. The molecule has 0 amide bonds. The summed E-state index contributed by atoms with van der Waals surface area (Å²) in [4.78, 5) is 22.3. The fourth-order valence-corrected chi connectivity index (χ4v) is 3.43. The quantitative estimate of drug-likeness (QED) is 0.371. The molecule has 148 valence electrons. The lowest BCUT2D eigenvalue weighted by Gasteiger charge is -2.08. The molecule has 0 fully saturated rings. The number of hydrogen-bond donors (Lipinski definition) is 1. The Hall–Kier alpha value is -3.41. The van der Waals surface area contributed by atoms with E-state index < -0.39 is 5.97 Å². The normalized spacial score (nSPS) is 11.2. The third kappa shape index (κ3) is 3.78. The number of carbonyl (C=O) groups excluding carboxylic acids is 1. The van der Waals surface area contributed by atoms with E-state index in [9.17, 15) is 4.79 Å². The van der Waals surface area contributed by atoms with Gasteiger partial charge in [0.05, 0.1) is 24.2 Å². The van der Waals surface area contributed by atoms with Crippen LogP contribution in [-0.2, 0) is 11.3 Å². The maximum absolute atomic E-state index is 12.9. The van der Waals surface area contributed by atoms with Gasteiger partial charge in [-0.1, -0.05) is 62.2 Å². The van der Waals surface area contributed by atoms with Crippen molar-refractivity contribution < 1.29 is 9.53 Å². The minimum Gasteiger partial charge on any atom is -0.462 e. The van der Waals surface area contributed by atoms with Gasteiger partial charge in [0, 0.05) is 0 Å². The number of rotatable bonds is 7. The largest absolute Gasteiger partial charge is 0.462 e. The average Bonchev–Trinajstić information content (AvgIpc) is 3.01. The molecule has 2 aromatic carbocycles. The summed E-state index contributed by atoms with van der Waals surface area (Å²) in [5.41, 5.74) is 10.4. The van der Waals surface area contributed by atoms with Crippen molar-refractivity contribution in [3.8, 4) is 0 Å². The fourth-order valence-electron chi connectivity index (χ4n) is 3.43. The van der Waals surface area contributed by atoms with E-state index in [1.807, 2.05) is 59.2 Å². The second-order valence-electron chi connectivity index (χ2n) is 7.06. The molecule has 6 nitrogen and oxygen atoms in total. The van der Waals surface area contributed by atoms with E-state index in [-0.39, 0.29) is 0 Å². The highest BCUT2D eigenvalue weighted by atomic mass is 16.5. The lowest BCUT2D eigenvalue weighted by atomic mass is 10.2. The summed E-state index contributed by atoms with van der Waals surface area (Å²) in [5, 5.41) is 0. The molecule has 6 heteroatoms. The minimum atomic E-state index is -0.444. The van der Waals surface area contributed by atoms with Gasteiger partial charge in [0.2, 0.25) is 0 Å².